The second kappa shape index (κ2) is 82.6. The molecular weight excluding hydrogens is 1410 g/mol. The Morgan fingerprint density at radius 1 is 0.257 bits per heavy atom. The molecule has 0 aliphatic carbocycles. The lowest BCUT2D eigenvalue weighted by Crippen LogP contribution is -2.30. The van der Waals surface area contributed by atoms with E-state index >= 15 is 0 Å². The molecule has 624 valence electrons. The van der Waals surface area contributed by atoms with Gasteiger partial charge >= 0.3 is 33.6 Å². The molecule has 0 aliphatic heterocycles. The number of phosphoric ester groups is 2. The van der Waals surface area contributed by atoms with E-state index in [1.165, 1.54) is 103 Å². The van der Waals surface area contributed by atoms with Crippen molar-refractivity contribution in [3.05, 3.63) is 158 Å². The van der Waals surface area contributed by atoms with Crippen LogP contribution in [0.25, 0.3) is 0 Å². The lowest BCUT2D eigenvalue weighted by molar-refractivity contribution is -0.161. The molecule has 0 rings (SSSR count). The van der Waals surface area contributed by atoms with Gasteiger partial charge in [0.2, 0.25) is 0 Å². The van der Waals surface area contributed by atoms with E-state index in [9.17, 15) is 43.5 Å². The molecule has 109 heavy (non-hydrogen) atoms. The molecule has 5 unspecified atom stereocenters. The zero-order valence-corrected chi connectivity index (χ0v) is 70.2. The summed E-state index contributed by atoms with van der Waals surface area (Å²) >= 11 is 0. The van der Waals surface area contributed by atoms with Gasteiger partial charge in [-0.3, -0.25) is 32.5 Å². The fraction of sp³-hybridized carbons (Fsp3) is 0.681. The smallest absolute Gasteiger partial charge is 0.463 e. The topological polar surface area (TPSA) is 231 Å². The number of allylic oxidation sites excluding steroid dienone is 26. The van der Waals surface area contributed by atoms with Crippen LogP contribution in [-0.2, 0) is 55.8 Å². The zero-order chi connectivity index (χ0) is 79.4. The average Bonchev–Trinajstić information content (AvgIpc) is 0.912. The normalized spacial score (nSPS) is 14.7. The molecule has 0 heterocycles. The third-order valence-electron chi connectivity index (χ3n) is 17.7. The second-order valence-corrected chi connectivity index (χ2v) is 31.1. The number of unbranched alkanes of at least 4 members (excludes halogenated alkanes) is 31. The maximum atomic E-state index is 13.0. The van der Waals surface area contributed by atoms with Gasteiger partial charge in [0.25, 0.3) is 0 Å². The van der Waals surface area contributed by atoms with Crippen LogP contribution in [0.4, 0.5) is 0 Å². The first-order chi connectivity index (χ1) is 53.2. The van der Waals surface area contributed by atoms with Crippen molar-refractivity contribution >= 4 is 33.6 Å². The summed E-state index contributed by atoms with van der Waals surface area (Å²) < 4.78 is 61.3. The summed E-state index contributed by atoms with van der Waals surface area (Å²) in [7, 11) is -9.81. The number of carbonyl (C=O) groups excluding carboxylic acids is 3. The molecule has 0 amide bonds. The maximum absolute atomic E-state index is 13.0. The minimum absolute atomic E-state index is 0.0848. The summed E-state index contributed by atoms with van der Waals surface area (Å²) in [4.78, 5) is 58.8. The Balaban J connectivity index is 4.46. The molecule has 0 saturated carbocycles. The molecule has 0 saturated heterocycles. The van der Waals surface area contributed by atoms with Gasteiger partial charge in [0.05, 0.1) is 26.4 Å². The largest absolute Gasteiger partial charge is 0.472 e. The van der Waals surface area contributed by atoms with Crippen LogP contribution < -0.4 is 0 Å². The highest BCUT2D eigenvalue weighted by atomic mass is 31.2. The number of aliphatic hydroxyl groups is 2. The van der Waals surface area contributed by atoms with Gasteiger partial charge in [-0.25, -0.2) is 9.13 Å². The predicted molar refractivity (Wildman–Crippen MR) is 454 cm³/mol. The second-order valence-electron chi connectivity index (χ2n) is 28.2. The van der Waals surface area contributed by atoms with Gasteiger partial charge in [0.1, 0.15) is 25.4 Å². The van der Waals surface area contributed by atoms with Crippen LogP contribution in [0.15, 0.2) is 158 Å². The van der Waals surface area contributed by atoms with E-state index in [2.05, 4.69) is 179 Å². The zero-order valence-electron chi connectivity index (χ0n) is 68.4. The van der Waals surface area contributed by atoms with E-state index in [0.29, 0.717) is 19.3 Å². The third kappa shape index (κ3) is 83.9. The molecule has 0 aromatic rings. The Kier molecular flexibility index (Phi) is 79.0. The highest BCUT2D eigenvalue weighted by molar-refractivity contribution is 7.47. The Labute approximate surface area is 663 Å². The van der Waals surface area contributed by atoms with Gasteiger partial charge < -0.3 is 34.2 Å². The quantitative estimate of drug-likeness (QED) is 0.0146. The first-order valence-electron chi connectivity index (χ1n) is 42.8. The number of hydrogen-bond donors (Lipinski definition) is 4. The number of phosphoric acid groups is 2. The molecule has 0 radical (unpaired) electrons. The molecule has 4 N–H and O–H groups in total. The SMILES string of the molecule is CC/C=C\C/C=C\C/C=C\C/C=C\C/C=C\CCCCCCCCCCCCCCCCCCCCCC(=O)OCC(O)COP(=O)(O)OCC(O)COP(=O)(O)OCC(COC(=O)CCCCCCC/C=C\C/C=C\C/C=C\C/C=C\C/C=C\CC)OC(=O)CCCCCCCCC/C=C\C/C=C\C/C=C\CC. The molecule has 16 nitrogen and oxygen atoms in total. The molecular formula is C91H154O16P2. The number of aliphatic hydroxyl groups excluding tert-OH is 2. The lowest BCUT2D eigenvalue weighted by Gasteiger charge is -2.21. The van der Waals surface area contributed by atoms with E-state index < -0.39 is 91.5 Å². The number of hydrogen-bond acceptors (Lipinski definition) is 14. The number of rotatable bonds is 80. The molecule has 0 fully saturated rings. The van der Waals surface area contributed by atoms with E-state index in [-0.39, 0.29) is 19.3 Å². The van der Waals surface area contributed by atoms with E-state index in [4.69, 9.17) is 32.3 Å². The van der Waals surface area contributed by atoms with Gasteiger partial charge in [-0.15, -0.1) is 0 Å². The standard InChI is InChI=1S/C91H154O16P2/c1-4-7-10-13-16-19-22-25-28-31-33-35-36-37-38-39-40-41-42-43-44-45-46-47-48-50-52-54-56-59-62-65-68-71-74-77-89(94)101-80-86(92)81-103-108(97,98)104-82-87(93)83-105-109(99,100)106-85-88(107-91(96)79-76-73-70-67-64-61-58-53-30-27-24-21-18-15-12-9-6-3)84-102-90(95)78-75-72-69-66-63-60-57-55-51-49-34-32-29-26-23-20-17-14-11-8-5-2/h7-12,16-21,25-30,33-35,37-38,49,55,57,86-88,92-93H,4-6,13-15,22-24,31-32,36,39-48,50-54,56,58-85H2,1-3H3,(H,97,98)(H,99,100)/b10-7-,11-8-,12-9-,19-16-,20-17-,21-18-,28-25-,29-26-,30-27-,35-33-,38-37-,49-34-,57-55-. The van der Waals surface area contributed by atoms with Gasteiger partial charge in [-0.1, -0.05) is 339 Å². The van der Waals surface area contributed by atoms with Gasteiger partial charge in [0, 0.05) is 19.3 Å². The Hall–Kier alpha value is -4.83. The van der Waals surface area contributed by atoms with E-state index in [0.717, 1.165) is 180 Å². The van der Waals surface area contributed by atoms with Crippen LogP contribution in [0.3, 0.4) is 0 Å². The van der Waals surface area contributed by atoms with Crippen LogP contribution in [0.5, 0.6) is 0 Å². The summed E-state index contributed by atoms with van der Waals surface area (Å²) in [6.45, 7) is 2.33. The molecule has 5 atom stereocenters. The van der Waals surface area contributed by atoms with Gasteiger partial charge in [-0.2, -0.15) is 0 Å². The van der Waals surface area contributed by atoms with E-state index in [1.54, 1.807) is 0 Å². The van der Waals surface area contributed by atoms with Crippen LogP contribution in [0.2, 0.25) is 0 Å². The van der Waals surface area contributed by atoms with Crippen LogP contribution in [0.1, 0.15) is 342 Å². The minimum Gasteiger partial charge on any atom is -0.463 e. The van der Waals surface area contributed by atoms with E-state index in [1.807, 2.05) is 0 Å². The maximum Gasteiger partial charge on any atom is 0.472 e. The molecule has 0 spiro atoms. The van der Waals surface area contributed by atoms with Crippen LogP contribution in [-0.4, -0.2) is 95.9 Å². The van der Waals surface area contributed by atoms with Crippen molar-refractivity contribution in [2.75, 3.05) is 39.6 Å². The first-order valence-corrected chi connectivity index (χ1v) is 45.8. The Morgan fingerprint density at radius 3 is 0.725 bits per heavy atom. The molecule has 0 aromatic carbocycles. The first kappa shape index (κ1) is 104. The fourth-order valence-electron chi connectivity index (χ4n) is 11.3. The summed E-state index contributed by atoms with van der Waals surface area (Å²) in [5, 5.41) is 20.7. The van der Waals surface area contributed by atoms with Gasteiger partial charge in [0.15, 0.2) is 6.10 Å². The molecule has 0 aliphatic rings. The predicted octanol–water partition coefficient (Wildman–Crippen LogP) is 25.8. The van der Waals surface area contributed by atoms with Crippen LogP contribution >= 0.6 is 15.6 Å². The lowest BCUT2D eigenvalue weighted by atomic mass is 10.0. The van der Waals surface area contributed by atoms with Gasteiger partial charge in [-0.05, 0) is 141 Å². The summed E-state index contributed by atoms with van der Waals surface area (Å²) in [6, 6.07) is 0. The third-order valence-corrected chi connectivity index (χ3v) is 19.6. The minimum atomic E-state index is -4.94. The number of carbonyl (C=O) groups is 3. The number of ether oxygens (including phenoxy) is 3. The van der Waals surface area contributed by atoms with Crippen molar-refractivity contribution in [3.63, 3.8) is 0 Å². The monoisotopic (exact) mass is 1570 g/mol. The van der Waals surface area contributed by atoms with Crippen molar-refractivity contribution < 1.29 is 75.8 Å². The van der Waals surface area contributed by atoms with Crippen LogP contribution in [0, 0.1) is 0 Å². The Bertz CT molecular complexity index is 2610. The van der Waals surface area contributed by atoms with Crippen molar-refractivity contribution in [1.29, 1.82) is 0 Å². The average molecular weight is 1570 g/mol. The summed E-state index contributed by atoms with van der Waals surface area (Å²) in [6.07, 6.45) is 104. The molecule has 0 aromatic heterocycles. The summed E-state index contributed by atoms with van der Waals surface area (Å²) in [5.74, 6) is -1.60. The highest BCUT2D eigenvalue weighted by Gasteiger charge is 2.29. The van der Waals surface area contributed by atoms with Crippen molar-refractivity contribution in [2.24, 2.45) is 0 Å². The molecule has 0 bridgehead atoms. The van der Waals surface area contributed by atoms with Crippen molar-refractivity contribution in [1.82, 2.24) is 0 Å². The highest BCUT2D eigenvalue weighted by Crippen LogP contribution is 2.45. The number of esters is 3. The fourth-order valence-corrected chi connectivity index (χ4v) is 12.9. The van der Waals surface area contributed by atoms with Crippen molar-refractivity contribution in [2.45, 2.75) is 360 Å². The van der Waals surface area contributed by atoms with Crippen molar-refractivity contribution in [3.8, 4) is 0 Å². The summed E-state index contributed by atoms with van der Waals surface area (Å²) in [5.41, 5.74) is 0. The Morgan fingerprint density at radius 2 is 0.459 bits per heavy atom. The molecule has 18 heteroatoms.